The molecule has 0 aliphatic rings. The van der Waals surface area contributed by atoms with Crippen LogP contribution in [0.5, 0.6) is 17.2 Å². The van der Waals surface area contributed by atoms with Gasteiger partial charge in [0.05, 0.1) is 18.5 Å². The standard InChI is InChI=1S/C14H16N2O2/c1-3-17-14-8-13(9-16-10(14)2)18-12-6-4-11(15)5-7-12/h4-9H,3,15H2,1-2H3. The molecule has 4 heteroatoms. The van der Waals surface area contributed by atoms with Crippen molar-refractivity contribution in [1.29, 1.82) is 0 Å². The van der Waals surface area contributed by atoms with E-state index in [0.29, 0.717) is 18.0 Å². The molecule has 4 nitrogen and oxygen atoms in total. The van der Waals surface area contributed by atoms with E-state index in [-0.39, 0.29) is 0 Å². The fourth-order valence-corrected chi connectivity index (χ4v) is 1.52. The van der Waals surface area contributed by atoms with Crippen LogP contribution in [0.25, 0.3) is 0 Å². The highest BCUT2D eigenvalue weighted by Crippen LogP contribution is 2.26. The number of aromatic nitrogens is 1. The molecule has 0 aliphatic heterocycles. The van der Waals surface area contributed by atoms with Crippen LogP contribution >= 0.6 is 0 Å². The fourth-order valence-electron chi connectivity index (χ4n) is 1.52. The minimum absolute atomic E-state index is 0.605. The van der Waals surface area contributed by atoms with Gasteiger partial charge < -0.3 is 15.2 Å². The van der Waals surface area contributed by atoms with Gasteiger partial charge >= 0.3 is 0 Å². The van der Waals surface area contributed by atoms with E-state index >= 15 is 0 Å². The Balaban J connectivity index is 2.18. The third-order valence-corrected chi connectivity index (χ3v) is 2.43. The van der Waals surface area contributed by atoms with Crippen molar-refractivity contribution in [2.45, 2.75) is 13.8 Å². The summed E-state index contributed by atoms with van der Waals surface area (Å²) in [5.74, 6) is 2.11. The molecule has 0 aliphatic carbocycles. The van der Waals surface area contributed by atoms with Crippen LogP contribution in [0.3, 0.4) is 0 Å². The van der Waals surface area contributed by atoms with Gasteiger partial charge in [-0.05, 0) is 38.1 Å². The third kappa shape index (κ3) is 2.91. The van der Waals surface area contributed by atoms with Gasteiger partial charge in [-0.3, -0.25) is 4.98 Å². The largest absolute Gasteiger partial charge is 0.492 e. The van der Waals surface area contributed by atoms with E-state index in [9.17, 15) is 0 Å². The predicted octanol–water partition coefficient (Wildman–Crippen LogP) is 3.16. The van der Waals surface area contributed by atoms with Crippen LogP contribution in [0.2, 0.25) is 0 Å². The summed E-state index contributed by atoms with van der Waals surface area (Å²) in [5.41, 5.74) is 7.17. The minimum Gasteiger partial charge on any atom is -0.492 e. The minimum atomic E-state index is 0.605. The van der Waals surface area contributed by atoms with E-state index in [0.717, 1.165) is 17.2 Å². The fraction of sp³-hybridized carbons (Fsp3) is 0.214. The van der Waals surface area contributed by atoms with Crippen LogP contribution in [0, 0.1) is 6.92 Å². The summed E-state index contributed by atoms with van der Waals surface area (Å²) >= 11 is 0. The lowest BCUT2D eigenvalue weighted by molar-refractivity contribution is 0.333. The zero-order valence-electron chi connectivity index (χ0n) is 10.5. The van der Waals surface area contributed by atoms with Crippen molar-refractivity contribution in [2.75, 3.05) is 12.3 Å². The van der Waals surface area contributed by atoms with Crippen LogP contribution < -0.4 is 15.2 Å². The van der Waals surface area contributed by atoms with Crippen molar-refractivity contribution < 1.29 is 9.47 Å². The first-order valence-electron chi connectivity index (χ1n) is 5.82. The van der Waals surface area contributed by atoms with Crippen LogP contribution in [0.1, 0.15) is 12.6 Å². The van der Waals surface area contributed by atoms with E-state index in [1.807, 2.05) is 32.0 Å². The zero-order valence-corrected chi connectivity index (χ0v) is 10.5. The Hall–Kier alpha value is -2.23. The Morgan fingerprint density at radius 2 is 1.89 bits per heavy atom. The first-order chi connectivity index (χ1) is 8.69. The summed E-state index contributed by atoms with van der Waals surface area (Å²) in [7, 11) is 0. The maximum absolute atomic E-state index is 5.68. The van der Waals surface area contributed by atoms with Gasteiger partial charge in [-0.25, -0.2) is 0 Å². The van der Waals surface area contributed by atoms with Crippen molar-refractivity contribution >= 4 is 5.69 Å². The van der Waals surface area contributed by atoms with E-state index in [1.54, 1.807) is 18.3 Å². The number of nitrogens with two attached hydrogens (primary N) is 1. The Labute approximate surface area is 106 Å². The number of hydrogen-bond donors (Lipinski definition) is 1. The van der Waals surface area contributed by atoms with Gasteiger partial charge in [-0.15, -0.1) is 0 Å². The van der Waals surface area contributed by atoms with Crippen molar-refractivity contribution in [2.24, 2.45) is 0 Å². The van der Waals surface area contributed by atoms with Crippen molar-refractivity contribution in [3.05, 3.63) is 42.2 Å². The molecule has 1 heterocycles. The molecule has 94 valence electrons. The highest BCUT2D eigenvalue weighted by Gasteiger charge is 2.04. The Kier molecular flexibility index (Phi) is 3.67. The first-order valence-corrected chi connectivity index (χ1v) is 5.82. The number of hydrogen-bond acceptors (Lipinski definition) is 4. The third-order valence-electron chi connectivity index (χ3n) is 2.43. The molecule has 0 saturated heterocycles. The van der Waals surface area contributed by atoms with Gasteiger partial charge in [-0.2, -0.15) is 0 Å². The molecule has 2 N–H and O–H groups in total. The Bertz CT molecular complexity index is 524. The molecule has 2 aromatic rings. The normalized spacial score (nSPS) is 10.1. The molecule has 0 radical (unpaired) electrons. The second kappa shape index (κ2) is 5.40. The predicted molar refractivity (Wildman–Crippen MR) is 71.1 cm³/mol. The molecule has 0 spiro atoms. The topological polar surface area (TPSA) is 57.4 Å². The van der Waals surface area contributed by atoms with Gasteiger partial charge in [-0.1, -0.05) is 0 Å². The highest BCUT2D eigenvalue weighted by molar-refractivity contribution is 5.43. The van der Waals surface area contributed by atoms with Crippen molar-refractivity contribution in [3.63, 3.8) is 0 Å². The van der Waals surface area contributed by atoms with E-state index in [1.165, 1.54) is 0 Å². The Morgan fingerprint density at radius 1 is 1.17 bits per heavy atom. The van der Waals surface area contributed by atoms with Crippen LogP contribution in [-0.2, 0) is 0 Å². The lowest BCUT2D eigenvalue weighted by Gasteiger charge is -2.10. The second-order valence-electron chi connectivity index (χ2n) is 3.86. The number of ether oxygens (including phenoxy) is 2. The summed E-state index contributed by atoms with van der Waals surface area (Å²) in [5, 5.41) is 0. The molecule has 0 unspecified atom stereocenters. The Morgan fingerprint density at radius 3 is 2.56 bits per heavy atom. The lowest BCUT2D eigenvalue weighted by atomic mass is 10.3. The van der Waals surface area contributed by atoms with E-state index < -0.39 is 0 Å². The molecule has 1 aromatic heterocycles. The molecular formula is C14H16N2O2. The summed E-state index contributed by atoms with van der Waals surface area (Å²) in [6.07, 6.45) is 1.67. The molecule has 0 saturated carbocycles. The number of pyridine rings is 1. The second-order valence-corrected chi connectivity index (χ2v) is 3.86. The molecule has 1 aromatic carbocycles. The molecule has 0 amide bonds. The van der Waals surface area contributed by atoms with Gasteiger partial charge in [0.15, 0.2) is 0 Å². The molecule has 0 atom stereocenters. The summed E-state index contributed by atoms with van der Waals surface area (Å²) in [6.45, 7) is 4.44. The molecule has 0 bridgehead atoms. The van der Waals surface area contributed by atoms with E-state index in [4.69, 9.17) is 15.2 Å². The van der Waals surface area contributed by atoms with Crippen LogP contribution in [0.4, 0.5) is 5.69 Å². The molecule has 18 heavy (non-hydrogen) atoms. The van der Waals surface area contributed by atoms with Gasteiger partial charge in [0.1, 0.15) is 17.2 Å². The molecular weight excluding hydrogens is 228 g/mol. The van der Waals surface area contributed by atoms with Crippen LogP contribution in [-0.4, -0.2) is 11.6 Å². The number of nitrogens with zero attached hydrogens (tertiary/aromatic N) is 1. The first kappa shape index (κ1) is 12.2. The van der Waals surface area contributed by atoms with Gasteiger partial charge in [0, 0.05) is 11.8 Å². The smallest absolute Gasteiger partial charge is 0.149 e. The molecule has 2 rings (SSSR count). The number of aryl methyl sites for hydroxylation is 1. The highest BCUT2D eigenvalue weighted by atomic mass is 16.5. The van der Waals surface area contributed by atoms with Crippen molar-refractivity contribution in [1.82, 2.24) is 4.98 Å². The average Bonchev–Trinajstić information content (AvgIpc) is 2.37. The number of nitrogen functional groups attached to an aromatic ring is 1. The van der Waals surface area contributed by atoms with Crippen molar-refractivity contribution in [3.8, 4) is 17.2 Å². The quantitative estimate of drug-likeness (QED) is 0.839. The number of rotatable bonds is 4. The number of benzene rings is 1. The lowest BCUT2D eigenvalue weighted by Crippen LogP contribution is -1.96. The summed E-state index contributed by atoms with van der Waals surface area (Å²) < 4.78 is 11.1. The number of anilines is 1. The summed E-state index contributed by atoms with van der Waals surface area (Å²) in [4.78, 5) is 4.24. The van der Waals surface area contributed by atoms with E-state index in [2.05, 4.69) is 4.98 Å². The zero-order chi connectivity index (χ0) is 13.0. The monoisotopic (exact) mass is 244 g/mol. The maximum Gasteiger partial charge on any atom is 0.149 e. The van der Waals surface area contributed by atoms with Gasteiger partial charge in [0.2, 0.25) is 0 Å². The van der Waals surface area contributed by atoms with Crippen LogP contribution in [0.15, 0.2) is 36.5 Å². The maximum atomic E-state index is 5.68. The average molecular weight is 244 g/mol. The van der Waals surface area contributed by atoms with Gasteiger partial charge in [0.25, 0.3) is 0 Å². The summed E-state index contributed by atoms with van der Waals surface area (Å²) in [6, 6.07) is 9.05. The SMILES string of the molecule is CCOc1cc(Oc2ccc(N)cc2)cnc1C. The molecule has 0 fully saturated rings.